The van der Waals surface area contributed by atoms with Crippen LogP contribution >= 0.6 is 0 Å². The van der Waals surface area contributed by atoms with Crippen molar-refractivity contribution in [1.82, 2.24) is 15.0 Å². The van der Waals surface area contributed by atoms with Crippen LogP contribution in [0.4, 0.5) is 23.2 Å². The molecular weight excluding hydrogens is 560 g/mol. The molecule has 6 nitrogen and oxygen atoms in total. The number of amides is 1. The molecular formula is C33H34F4N4O2. The van der Waals surface area contributed by atoms with Crippen LogP contribution in [0.15, 0.2) is 55.0 Å². The van der Waals surface area contributed by atoms with Crippen LogP contribution in [-0.4, -0.2) is 40.2 Å². The van der Waals surface area contributed by atoms with Crippen LogP contribution in [0.25, 0.3) is 11.1 Å². The summed E-state index contributed by atoms with van der Waals surface area (Å²) in [7, 11) is 1.51. The Morgan fingerprint density at radius 2 is 1.56 bits per heavy atom. The van der Waals surface area contributed by atoms with Crippen molar-refractivity contribution in [3.05, 3.63) is 66.2 Å². The van der Waals surface area contributed by atoms with Crippen molar-refractivity contribution in [2.24, 2.45) is 10.8 Å². The van der Waals surface area contributed by atoms with Gasteiger partial charge >= 0.3 is 12.2 Å². The maximum atomic E-state index is 14.3. The topological polar surface area (TPSA) is 68.2 Å². The fourth-order valence-corrected chi connectivity index (χ4v) is 8.31. The first kappa shape index (κ1) is 28.2. The van der Waals surface area contributed by atoms with E-state index in [1.165, 1.54) is 7.11 Å². The summed E-state index contributed by atoms with van der Waals surface area (Å²) in [4.78, 5) is 28.7. The van der Waals surface area contributed by atoms with Crippen molar-refractivity contribution < 1.29 is 27.1 Å². The Morgan fingerprint density at radius 1 is 0.884 bits per heavy atom. The van der Waals surface area contributed by atoms with Gasteiger partial charge in [0, 0.05) is 53.9 Å². The number of halogens is 4. The van der Waals surface area contributed by atoms with Gasteiger partial charge in [-0.05, 0) is 98.4 Å². The number of ether oxygens (including phenoxy) is 1. The first-order chi connectivity index (χ1) is 20.4. The van der Waals surface area contributed by atoms with Crippen molar-refractivity contribution >= 4 is 11.6 Å². The van der Waals surface area contributed by atoms with Gasteiger partial charge in [-0.15, -0.1) is 0 Å². The van der Waals surface area contributed by atoms with E-state index < -0.39 is 17.4 Å². The molecule has 2 aromatic heterocycles. The quantitative estimate of drug-likeness (QED) is 0.253. The molecule has 0 aliphatic heterocycles. The van der Waals surface area contributed by atoms with E-state index in [0.717, 1.165) is 73.3 Å². The molecule has 1 aromatic carbocycles. The molecule has 6 fully saturated rings. The van der Waals surface area contributed by atoms with Crippen molar-refractivity contribution in [2.45, 2.75) is 81.5 Å². The molecule has 0 saturated heterocycles. The zero-order valence-electron chi connectivity index (χ0n) is 24.1. The lowest BCUT2D eigenvalue weighted by Crippen LogP contribution is -2.65. The van der Waals surface area contributed by atoms with Crippen molar-refractivity contribution in [3.63, 3.8) is 0 Å². The fourth-order valence-electron chi connectivity index (χ4n) is 8.31. The molecule has 226 valence electrons. The third-order valence-corrected chi connectivity index (χ3v) is 10.7. The van der Waals surface area contributed by atoms with Crippen LogP contribution in [0.3, 0.4) is 0 Å². The van der Waals surface area contributed by atoms with E-state index in [9.17, 15) is 22.4 Å². The van der Waals surface area contributed by atoms with Gasteiger partial charge in [0.05, 0.1) is 12.7 Å². The number of methoxy groups -OCH3 is 1. The maximum Gasteiger partial charge on any atom is 0.417 e. The molecule has 9 rings (SSSR count). The SMILES string of the molecule is COc1ncc(-c2cccc(N(CC34CCC(c5ccc(C(F)(F)F)cn5)(CC3)CC4)C(=O)CC34CC(F)(C3)C4)c2)cn1. The highest BCUT2D eigenvalue weighted by Crippen LogP contribution is 2.71. The zero-order chi connectivity index (χ0) is 30.1. The summed E-state index contributed by atoms with van der Waals surface area (Å²) in [6.07, 6.45) is 6.74. The number of carbonyl (C=O) groups is 1. The van der Waals surface area contributed by atoms with Crippen LogP contribution in [0.2, 0.25) is 0 Å². The van der Waals surface area contributed by atoms with E-state index in [-0.39, 0.29) is 28.2 Å². The number of pyridine rings is 1. The van der Waals surface area contributed by atoms with Gasteiger partial charge in [-0.2, -0.15) is 13.2 Å². The van der Waals surface area contributed by atoms with Crippen LogP contribution in [-0.2, 0) is 16.4 Å². The first-order valence-electron chi connectivity index (χ1n) is 14.9. The summed E-state index contributed by atoms with van der Waals surface area (Å²) in [5, 5.41) is 0. The highest BCUT2D eigenvalue weighted by molar-refractivity contribution is 5.95. The van der Waals surface area contributed by atoms with E-state index in [1.54, 1.807) is 18.5 Å². The Hall–Kier alpha value is -3.56. The Bertz CT molecular complexity index is 1500. The van der Waals surface area contributed by atoms with Gasteiger partial charge in [0.1, 0.15) is 5.67 Å². The molecule has 6 aliphatic rings. The highest BCUT2D eigenvalue weighted by atomic mass is 19.4. The van der Waals surface area contributed by atoms with Crippen LogP contribution in [0.1, 0.15) is 75.5 Å². The summed E-state index contributed by atoms with van der Waals surface area (Å²) >= 11 is 0. The van der Waals surface area contributed by atoms with Gasteiger partial charge in [0.15, 0.2) is 0 Å². The lowest BCUT2D eigenvalue weighted by molar-refractivity contribution is -0.215. The van der Waals surface area contributed by atoms with Gasteiger partial charge < -0.3 is 9.64 Å². The third-order valence-electron chi connectivity index (χ3n) is 10.7. The summed E-state index contributed by atoms with van der Waals surface area (Å²) in [6, 6.07) is 10.8. The number of carbonyl (C=O) groups excluding carboxylic acids is 1. The van der Waals surface area contributed by atoms with E-state index in [2.05, 4.69) is 15.0 Å². The molecule has 3 aromatic rings. The van der Waals surface area contributed by atoms with Gasteiger partial charge in [0.2, 0.25) is 5.91 Å². The number of nitrogens with zero attached hydrogens (tertiary/aromatic N) is 4. The molecule has 43 heavy (non-hydrogen) atoms. The number of fused-ring (bicyclic) bond motifs is 3. The Balaban J connectivity index is 1.13. The lowest BCUT2D eigenvalue weighted by Gasteiger charge is -2.66. The standard InChI is InChI=1S/C33H34F4N4O2/c1-43-28-39-15-23(16-40-28)22-3-2-4-25(13-22)41(27(42)14-30-18-32(34,19-30)20-30)21-29-7-10-31(11-8-29,12-9-29)26-6-5-24(17-38-26)33(35,36)37/h2-6,13,15-17H,7-12,14,18-21H2,1H3. The van der Waals surface area contributed by atoms with E-state index in [4.69, 9.17) is 4.74 Å². The molecule has 4 bridgehead atoms. The number of hydrogen-bond acceptors (Lipinski definition) is 5. The number of hydrogen-bond donors (Lipinski definition) is 0. The van der Waals surface area contributed by atoms with E-state index >= 15 is 0 Å². The molecule has 6 aliphatic carbocycles. The van der Waals surface area contributed by atoms with Gasteiger partial charge in [-0.25, -0.2) is 14.4 Å². The largest absolute Gasteiger partial charge is 0.467 e. The molecule has 0 spiro atoms. The lowest BCUT2D eigenvalue weighted by atomic mass is 9.41. The first-order valence-corrected chi connectivity index (χ1v) is 14.9. The molecule has 0 N–H and O–H groups in total. The average Bonchev–Trinajstić information content (AvgIpc) is 2.99. The minimum absolute atomic E-state index is 0.0195. The van der Waals surface area contributed by atoms with Crippen LogP contribution < -0.4 is 9.64 Å². The molecule has 10 heteroatoms. The Morgan fingerprint density at radius 3 is 2.12 bits per heavy atom. The predicted molar refractivity (Wildman–Crippen MR) is 152 cm³/mol. The molecule has 0 radical (unpaired) electrons. The van der Waals surface area contributed by atoms with Gasteiger partial charge in [0.25, 0.3) is 0 Å². The molecule has 0 unspecified atom stereocenters. The second-order valence-corrected chi connectivity index (χ2v) is 13.6. The third kappa shape index (κ3) is 4.96. The molecule has 2 heterocycles. The maximum absolute atomic E-state index is 14.3. The number of aromatic nitrogens is 3. The Kier molecular flexibility index (Phi) is 6.38. The molecule has 0 atom stereocenters. The summed E-state index contributed by atoms with van der Waals surface area (Å²) in [5.74, 6) is 0.0195. The normalized spacial score (nSPS) is 30.7. The number of alkyl halides is 4. The van der Waals surface area contributed by atoms with Gasteiger partial charge in [-0.3, -0.25) is 9.78 Å². The van der Waals surface area contributed by atoms with Crippen LogP contribution in [0, 0.1) is 10.8 Å². The van der Waals surface area contributed by atoms with E-state index in [0.29, 0.717) is 32.2 Å². The van der Waals surface area contributed by atoms with Crippen molar-refractivity contribution in [3.8, 4) is 17.1 Å². The number of anilines is 1. The van der Waals surface area contributed by atoms with Crippen molar-refractivity contribution in [1.29, 1.82) is 0 Å². The van der Waals surface area contributed by atoms with Crippen LogP contribution in [0.5, 0.6) is 6.01 Å². The average molecular weight is 595 g/mol. The zero-order valence-corrected chi connectivity index (χ0v) is 24.1. The summed E-state index contributed by atoms with van der Waals surface area (Å²) in [5.41, 5.74) is 0.875. The fraction of sp³-hybridized carbons (Fsp3) is 0.515. The Labute approximate surface area is 247 Å². The molecule has 1 amide bonds. The number of rotatable bonds is 8. The second-order valence-electron chi connectivity index (χ2n) is 13.6. The highest BCUT2D eigenvalue weighted by Gasteiger charge is 2.69. The minimum atomic E-state index is -4.41. The number of benzene rings is 1. The predicted octanol–water partition coefficient (Wildman–Crippen LogP) is 7.47. The molecule has 6 saturated carbocycles. The smallest absolute Gasteiger partial charge is 0.417 e. The minimum Gasteiger partial charge on any atom is -0.467 e. The summed E-state index contributed by atoms with van der Waals surface area (Å²) < 4.78 is 58.8. The monoisotopic (exact) mass is 594 g/mol. The van der Waals surface area contributed by atoms with Gasteiger partial charge in [-0.1, -0.05) is 12.1 Å². The van der Waals surface area contributed by atoms with E-state index in [1.807, 2.05) is 29.2 Å². The van der Waals surface area contributed by atoms with Crippen molar-refractivity contribution in [2.75, 3.05) is 18.6 Å². The summed E-state index contributed by atoms with van der Waals surface area (Å²) in [6.45, 7) is 0.557. The second kappa shape index (κ2) is 9.72.